The van der Waals surface area contributed by atoms with E-state index in [0.29, 0.717) is 36.0 Å². The molecule has 0 aromatic heterocycles. The first-order valence-electron chi connectivity index (χ1n) is 6.73. The quantitative estimate of drug-likeness (QED) is 0.883. The van der Waals surface area contributed by atoms with Crippen LogP contribution in [0.2, 0.25) is 5.02 Å². The van der Waals surface area contributed by atoms with E-state index in [-0.39, 0.29) is 13.4 Å². The lowest BCUT2D eigenvalue weighted by atomic mass is 9.93. The SMILES string of the molecule is OC[C@]1(O)CCCN(Cc2cc3c(cc2Cl)OCO3)C1. The molecule has 2 N–H and O–H groups in total. The molecular weight excluding hydrogens is 282 g/mol. The number of halogens is 1. The molecule has 0 saturated carbocycles. The van der Waals surface area contributed by atoms with Crippen molar-refractivity contribution in [3.05, 3.63) is 22.7 Å². The second-order valence-corrected chi connectivity index (χ2v) is 5.90. The van der Waals surface area contributed by atoms with Gasteiger partial charge in [0.2, 0.25) is 6.79 Å². The van der Waals surface area contributed by atoms with Crippen LogP contribution < -0.4 is 9.47 Å². The van der Waals surface area contributed by atoms with Crippen LogP contribution in [0.3, 0.4) is 0 Å². The Morgan fingerprint density at radius 1 is 1.30 bits per heavy atom. The molecule has 3 rings (SSSR count). The van der Waals surface area contributed by atoms with Crippen molar-refractivity contribution in [2.75, 3.05) is 26.5 Å². The number of β-amino-alcohol motifs (C(OH)–C–C–N with tert-alkyl or cyclic N) is 1. The summed E-state index contributed by atoms with van der Waals surface area (Å²) in [5.41, 5.74) is -0.0563. The van der Waals surface area contributed by atoms with Crippen molar-refractivity contribution >= 4 is 11.6 Å². The third kappa shape index (κ3) is 2.72. The number of aliphatic hydroxyl groups excluding tert-OH is 1. The maximum absolute atomic E-state index is 10.2. The highest BCUT2D eigenvalue weighted by atomic mass is 35.5. The molecule has 1 fully saturated rings. The average Bonchev–Trinajstić information content (AvgIpc) is 2.86. The Hall–Kier alpha value is -1.01. The fourth-order valence-electron chi connectivity index (χ4n) is 2.79. The molecule has 0 aliphatic carbocycles. The number of nitrogens with zero attached hydrogens (tertiary/aromatic N) is 1. The lowest BCUT2D eigenvalue weighted by molar-refractivity contribution is -0.0687. The number of fused-ring (bicyclic) bond motifs is 1. The molecule has 2 aliphatic heterocycles. The van der Waals surface area contributed by atoms with Crippen molar-refractivity contribution in [3.8, 4) is 11.5 Å². The van der Waals surface area contributed by atoms with E-state index in [0.717, 1.165) is 18.5 Å². The van der Waals surface area contributed by atoms with Gasteiger partial charge in [-0.15, -0.1) is 0 Å². The molecule has 5 nitrogen and oxygen atoms in total. The molecule has 2 aliphatic rings. The van der Waals surface area contributed by atoms with E-state index in [9.17, 15) is 10.2 Å². The monoisotopic (exact) mass is 299 g/mol. The van der Waals surface area contributed by atoms with Gasteiger partial charge in [-0.05, 0) is 31.0 Å². The Kier molecular flexibility index (Phi) is 3.77. The lowest BCUT2D eigenvalue weighted by Gasteiger charge is -2.38. The van der Waals surface area contributed by atoms with Gasteiger partial charge in [-0.1, -0.05) is 11.6 Å². The van der Waals surface area contributed by atoms with Gasteiger partial charge in [-0.3, -0.25) is 4.90 Å². The summed E-state index contributed by atoms with van der Waals surface area (Å²) < 4.78 is 10.6. The predicted molar refractivity (Wildman–Crippen MR) is 74.1 cm³/mol. The van der Waals surface area contributed by atoms with E-state index in [1.54, 1.807) is 6.07 Å². The molecule has 20 heavy (non-hydrogen) atoms. The predicted octanol–water partition coefficient (Wildman–Crippen LogP) is 1.39. The number of hydrogen-bond donors (Lipinski definition) is 2. The molecule has 6 heteroatoms. The molecule has 2 heterocycles. The van der Waals surface area contributed by atoms with Crippen LogP contribution in [0.1, 0.15) is 18.4 Å². The highest BCUT2D eigenvalue weighted by molar-refractivity contribution is 6.31. The normalized spacial score (nSPS) is 25.9. The van der Waals surface area contributed by atoms with E-state index in [1.807, 2.05) is 6.07 Å². The van der Waals surface area contributed by atoms with Crippen LogP contribution in [0.15, 0.2) is 12.1 Å². The van der Waals surface area contributed by atoms with E-state index >= 15 is 0 Å². The van der Waals surface area contributed by atoms with Gasteiger partial charge >= 0.3 is 0 Å². The first-order chi connectivity index (χ1) is 9.59. The molecule has 0 unspecified atom stereocenters. The fraction of sp³-hybridized carbons (Fsp3) is 0.571. The minimum absolute atomic E-state index is 0.210. The van der Waals surface area contributed by atoms with E-state index in [1.165, 1.54) is 0 Å². The summed E-state index contributed by atoms with van der Waals surface area (Å²) in [6, 6.07) is 3.65. The van der Waals surface area contributed by atoms with Gasteiger partial charge in [-0.25, -0.2) is 0 Å². The minimum Gasteiger partial charge on any atom is -0.454 e. The summed E-state index contributed by atoms with van der Waals surface area (Å²) in [6.45, 7) is 1.97. The highest BCUT2D eigenvalue weighted by Crippen LogP contribution is 2.37. The number of benzene rings is 1. The van der Waals surface area contributed by atoms with Crippen LogP contribution in [0, 0.1) is 0 Å². The molecule has 0 radical (unpaired) electrons. The summed E-state index contributed by atoms with van der Waals surface area (Å²) in [5.74, 6) is 1.38. The van der Waals surface area contributed by atoms with Crippen molar-refractivity contribution in [2.24, 2.45) is 0 Å². The molecule has 0 bridgehead atoms. The molecule has 0 amide bonds. The zero-order valence-corrected chi connectivity index (χ0v) is 11.9. The maximum atomic E-state index is 10.2. The highest BCUT2D eigenvalue weighted by Gasteiger charge is 2.32. The largest absolute Gasteiger partial charge is 0.454 e. The van der Waals surface area contributed by atoms with Crippen LogP contribution in [0.4, 0.5) is 0 Å². The summed E-state index contributed by atoms with van der Waals surface area (Å²) in [5, 5.41) is 20.1. The van der Waals surface area contributed by atoms with Gasteiger partial charge in [0.05, 0.1) is 6.61 Å². The van der Waals surface area contributed by atoms with Gasteiger partial charge in [0, 0.05) is 24.2 Å². The van der Waals surface area contributed by atoms with Crippen molar-refractivity contribution in [1.29, 1.82) is 0 Å². The minimum atomic E-state index is -0.999. The first kappa shape index (κ1) is 13.9. The molecule has 1 aromatic rings. The van der Waals surface area contributed by atoms with Gasteiger partial charge in [0.1, 0.15) is 5.60 Å². The summed E-state index contributed by atoms with van der Waals surface area (Å²) in [4.78, 5) is 2.10. The number of piperidine rings is 1. The van der Waals surface area contributed by atoms with Crippen molar-refractivity contribution < 1.29 is 19.7 Å². The Morgan fingerprint density at radius 2 is 2.05 bits per heavy atom. The molecule has 0 spiro atoms. The summed E-state index contributed by atoms with van der Waals surface area (Å²) >= 11 is 6.26. The zero-order valence-electron chi connectivity index (χ0n) is 11.1. The second kappa shape index (κ2) is 5.41. The number of aliphatic hydroxyl groups is 2. The van der Waals surface area contributed by atoms with Gasteiger partial charge < -0.3 is 19.7 Å². The third-order valence-electron chi connectivity index (χ3n) is 3.86. The van der Waals surface area contributed by atoms with Crippen LogP contribution in [0.25, 0.3) is 0 Å². The van der Waals surface area contributed by atoms with Gasteiger partial charge in [0.25, 0.3) is 0 Å². The molecule has 1 saturated heterocycles. The Labute approximate surface area is 122 Å². The molecule has 1 aromatic carbocycles. The molecular formula is C14H18ClNO4. The third-order valence-corrected chi connectivity index (χ3v) is 4.22. The standard InChI is InChI=1S/C14H18ClNO4/c15-11-5-13-12(19-9-20-13)4-10(11)6-16-3-1-2-14(18,7-16)8-17/h4-5,17-18H,1-3,6-9H2/t14-/m0/s1. The van der Waals surface area contributed by atoms with Crippen LogP contribution >= 0.6 is 11.6 Å². The van der Waals surface area contributed by atoms with Gasteiger partial charge in [-0.2, -0.15) is 0 Å². The number of hydrogen-bond acceptors (Lipinski definition) is 5. The lowest BCUT2D eigenvalue weighted by Crippen LogP contribution is -2.50. The first-order valence-corrected chi connectivity index (χ1v) is 7.11. The molecule has 1 atom stereocenters. The Morgan fingerprint density at radius 3 is 2.80 bits per heavy atom. The van der Waals surface area contributed by atoms with Crippen molar-refractivity contribution in [2.45, 2.75) is 25.0 Å². The van der Waals surface area contributed by atoms with Crippen LogP contribution in [-0.4, -0.2) is 47.2 Å². The van der Waals surface area contributed by atoms with E-state index < -0.39 is 5.60 Å². The smallest absolute Gasteiger partial charge is 0.231 e. The summed E-state index contributed by atoms with van der Waals surface area (Å²) in [6.07, 6.45) is 1.49. The van der Waals surface area contributed by atoms with Crippen LogP contribution in [-0.2, 0) is 6.54 Å². The second-order valence-electron chi connectivity index (χ2n) is 5.49. The number of rotatable bonds is 3. The van der Waals surface area contributed by atoms with E-state index in [2.05, 4.69) is 4.90 Å². The van der Waals surface area contributed by atoms with E-state index in [4.69, 9.17) is 21.1 Å². The number of ether oxygens (including phenoxy) is 2. The zero-order chi connectivity index (χ0) is 14.2. The maximum Gasteiger partial charge on any atom is 0.231 e. The van der Waals surface area contributed by atoms with Gasteiger partial charge in [0.15, 0.2) is 11.5 Å². The molecule has 110 valence electrons. The topological polar surface area (TPSA) is 62.2 Å². The summed E-state index contributed by atoms with van der Waals surface area (Å²) in [7, 11) is 0. The Balaban J connectivity index is 1.74. The van der Waals surface area contributed by atoms with Crippen molar-refractivity contribution in [1.82, 2.24) is 4.90 Å². The fourth-order valence-corrected chi connectivity index (χ4v) is 3.00. The average molecular weight is 300 g/mol. The number of likely N-dealkylation sites (tertiary alicyclic amines) is 1. The van der Waals surface area contributed by atoms with Crippen LogP contribution in [0.5, 0.6) is 11.5 Å². The van der Waals surface area contributed by atoms with Crippen molar-refractivity contribution in [3.63, 3.8) is 0 Å². The Bertz CT molecular complexity index is 510.